The second-order valence-corrected chi connectivity index (χ2v) is 8.49. The van der Waals surface area contributed by atoms with Crippen molar-refractivity contribution in [2.75, 3.05) is 27.2 Å². The summed E-state index contributed by atoms with van der Waals surface area (Å²) in [4.78, 5) is 16.2. The van der Waals surface area contributed by atoms with Crippen molar-refractivity contribution < 1.29 is 13.9 Å². The number of halogens is 1. The fraction of sp³-hybridized carbons (Fsp3) is 0.591. The molecule has 3 rings (SSSR count). The van der Waals surface area contributed by atoms with E-state index >= 15 is 0 Å². The minimum absolute atomic E-state index is 0.0328. The van der Waals surface area contributed by atoms with E-state index in [1.807, 2.05) is 12.1 Å². The maximum Gasteiger partial charge on any atom is 0.414 e. The minimum Gasteiger partial charge on any atom is -0.416 e. The van der Waals surface area contributed by atoms with Crippen LogP contribution < -0.4 is 0 Å². The molecule has 2 fully saturated rings. The molecule has 1 spiro atoms. The third-order valence-electron chi connectivity index (χ3n) is 6.72. The lowest BCUT2D eigenvalue weighted by molar-refractivity contribution is -0.000707. The van der Waals surface area contributed by atoms with Crippen LogP contribution in [0.5, 0.6) is 0 Å². The molecule has 2 aliphatic rings. The van der Waals surface area contributed by atoms with Gasteiger partial charge in [0, 0.05) is 18.6 Å². The maximum atomic E-state index is 13.4. The second-order valence-electron chi connectivity index (χ2n) is 8.49. The van der Waals surface area contributed by atoms with Gasteiger partial charge in [0.2, 0.25) is 0 Å². The molecule has 0 N–H and O–H groups in total. The van der Waals surface area contributed by atoms with E-state index in [-0.39, 0.29) is 17.4 Å². The fourth-order valence-electron chi connectivity index (χ4n) is 4.83. The molecule has 4 nitrogen and oxygen atoms in total. The van der Waals surface area contributed by atoms with Crippen LogP contribution >= 0.6 is 0 Å². The molecular formula is C22H31FN2O2. The number of piperidine rings is 1. The zero-order chi connectivity index (χ0) is 19.7. The van der Waals surface area contributed by atoms with Crippen LogP contribution in [0.25, 0.3) is 0 Å². The van der Waals surface area contributed by atoms with Crippen molar-refractivity contribution in [3.8, 4) is 0 Å². The Balaban J connectivity index is 1.66. The number of carbonyl (C=O) groups is 1. The van der Waals surface area contributed by atoms with Crippen molar-refractivity contribution in [3.63, 3.8) is 0 Å². The molecule has 5 heteroatoms. The molecule has 0 atom stereocenters. The number of allylic oxidation sites excluding steroid dienone is 1. The van der Waals surface area contributed by atoms with E-state index in [1.54, 1.807) is 24.0 Å². The zero-order valence-electron chi connectivity index (χ0n) is 16.8. The predicted molar refractivity (Wildman–Crippen MR) is 105 cm³/mol. The average molecular weight is 375 g/mol. The molecule has 0 bridgehead atoms. The first kappa shape index (κ1) is 19.9. The van der Waals surface area contributed by atoms with E-state index in [9.17, 15) is 9.18 Å². The van der Waals surface area contributed by atoms with Crippen LogP contribution in [0.1, 0.15) is 51.0 Å². The summed E-state index contributed by atoms with van der Waals surface area (Å²) >= 11 is 0. The summed E-state index contributed by atoms with van der Waals surface area (Å²) in [6.45, 7) is 6.83. The highest BCUT2D eigenvalue weighted by Gasteiger charge is 2.46. The molecule has 1 aliphatic carbocycles. The van der Waals surface area contributed by atoms with Crippen molar-refractivity contribution in [2.45, 2.75) is 51.0 Å². The number of likely N-dealkylation sites (tertiary alicyclic amines) is 1. The van der Waals surface area contributed by atoms with Crippen LogP contribution in [0.2, 0.25) is 0 Å². The molecule has 148 valence electrons. The van der Waals surface area contributed by atoms with Gasteiger partial charge in [-0.15, -0.1) is 0 Å². The summed E-state index contributed by atoms with van der Waals surface area (Å²) in [5.74, 6) is 0.252. The highest BCUT2D eigenvalue weighted by molar-refractivity contribution is 5.68. The standard InChI is InChI=1S/C22H31FN2O2/c1-17(2)27-20(26)25-15-13-21(14-16-25)9-11-22(12-10-21,24(3)4)18-5-7-19(23)8-6-18/h5-8H,1,9-16H2,2-4H3. The molecule has 1 saturated heterocycles. The van der Waals surface area contributed by atoms with Gasteiger partial charge in [0.05, 0.1) is 5.76 Å². The van der Waals surface area contributed by atoms with E-state index < -0.39 is 0 Å². The lowest BCUT2D eigenvalue weighted by atomic mass is 9.61. The number of ether oxygens (including phenoxy) is 1. The third-order valence-corrected chi connectivity index (χ3v) is 6.72. The Kier molecular flexibility index (Phi) is 5.61. The van der Waals surface area contributed by atoms with Crippen LogP contribution in [-0.4, -0.2) is 43.1 Å². The van der Waals surface area contributed by atoms with Crippen molar-refractivity contribution in [1.82, 2.24) is 9.80 Å². The number of amides is 1. The summed E-state index contributed by atoms with van der Waals surface area (Å²) in [6, 6.07) is 7.00. The number of nitrogens with zero attached hydrogens (tertiary/aromatic N) is 2. The Morgan fingerprint density at radius 3 is 2.11 bits per heavy atom. The van der Waals surface area contributed by atoms with Crippen molar-refractivity contribution in [3.05, 3.63) is 48.0 Å². The number of carbonyl (C=O) groups excluding carboxylic acids is 1. The Labute approximate surface area is 162 Å². The quantitative estimate of drug-likeness (QED) is 0.705. The van der Waals surface area contributed by atoms with Crippen LogP contribution in [0.3, 0.4) is 0 Å². The van der Waals surface area contributed by atoms with Crippen molar-refractivity contribution in [2.24, 2.45) is 5.41 Å². The van der Waals surface area contributed by atoms with E-state index in [0.29, 0.717) is 11.2 Å². The molecule has 1 aromatic rings. The van der Waals surface area contributed by atoms with E-state index in [2.05, 4.69) is 25.6 Å². The summed E-state index contributed by atoms with van der Waals surface area (Å²) in [6.07, 6.45) is 6.14. The molecule has 1 heterocycles. The molecule has 0 unspecified atom stereocenters. The van der Waals surface area contributed by atoms with Gasteiger partial charge in [-0.05, 0) is 82.7 Å². The van der Waals surface area contributed by atoms with Gasteiger partial charge in [0.15, 0.2) is 0 Å². The predicted octanol–water partition coefficient (Wildman–Crippen LogP) is 4.91. The first-order valence-corrected chi connectivity index (χ1v) is 9.82. The topological polar surface area (TPSA) is 32.8 Å². The van der Waals surface area contributed by atoms with E-state index in [0.717, 1.165) is 51.6 Å². The third kappa shape index (κ3) is 4.03. The van der Waals surface area contributed by atoms with Gasteiger partial charge in [-0.25, -0.2) is 9.18 Å². The average Bonchev–Trinajstić information content (AvgIpc) is 2.63. The summed E-state index contributed by atoms with van der Waals surface area (Å²) in [5.41, 5.74) is 1.47. The maximum absolute atomic E-state index is 13.4. The molecule has 0 radical (unpaired) electrons. The van der Waals surface area contributed by atoms with Gasteiger partial charge in [-0.2, -0.15) is 0 Å². The number of benzene rings is 1. The highest BCUT2D eigenvalue weighted by atomic mass is 19.1. The molecular weight excluding hydrogens is 343 g/mol. The number of hydrogen-bond donors (Lipinski definition) is 0. The lowest BCUT2D eigenvalue weighted by Crippen LogP contribution is -2.50. The van der Waals surface area contributed by atoms with E-state index in [1.165, 1.54) is 5.56 Å². The van der Waals surface area contributed by atoms with Gasteiger partial charge >= 0.3 is 6.09 Å². The Morgan fingerprint density at radius 1 is 1.07 bits per heavy atom. The smallest absolute Gasteiger partial charge is 0.414 e. The normalized spacial score (nSPS) is 21.3. The molecule has 1 saturated carbocycles. The first-order valence-electron chi connectivity index (χ1n) is 9.82. The highest BCUT2D eigenvalue weighted by Crippen LogP contribution is 2.52. The van der Waals surface area contributed by atoms with Gasteiger partial charge in [0.25, 0.3) is 0 Å². The van der Waals surface area contributed by atoms with Gasteiger partial charge in [-0.3, -0.25) is 4.90 Å². The van der Waals surface area contributed by atoms with Crippen LogP contribution in [-0.2, 0) is 10.3 Å². The summed E-state index contributed by atoms with van der Waals surface area (Å²) in [7, 11) is 4.25. The monoisotopic (exact) mass is 374 g/mol. The zero-order valence-corrected chi connectivity index (χ0v) is 16.8. The van der Waals surface area contributed by atoms with Gasteiger partial charge < -0.3 is 9.64 Å². The van der Waals surface area contributed by atoms with Crippen molar-refractivity contribution in [1.29, 1.82) is 0 Å². The van der Waals surface area contributed by atoms with Gasteiger partial charge in [0.1, 0.15) is 5.82 Å². The SMILES string of the molecule is C=C(C)OC(=O)N1CCC2(CC1)CCC(c1ccc(F)cc1)(N(C)C)CC2. The van der Waals surface area contributed by atoms with Gasteiger partial charge in [-0.1, -0.05) is 18.7 Å². The second kappa shape index (κ2) is 7.63. The molecule has 27 heavy (non-hydrogen) atoms. The van der Waals surface area contributed by atoms with Crippen LogP contribution in [0, 0.1) is 11.2 Å². The lowest BCUT2D eigenvalue weighted by Gasteiger charge is -2.52. The Bertz CT molecular complexity index is 681. The fourth-order valence-corrected chi connectivity index (χ4v) is 4.83. The largest absolute Gasteiger partial charge is 0.416 e. The minimum atomic E-state index is -0.276. The molecule has 1 aliphatic heterocycles. The Morgan fingerprint density at radius 2 is 1.63 bits per heavy atom. The summed E-state index contributed by atoms with van der Waals surface area (Å²) < 4.78 is 18.5. The first-order chi connectivity index (χ1) is 12.8. The summed E-state index contributed by atoms with van der Waals surface area (Å²) in [5, 5.41) is 0. The molecule has 1 aromatic carbocycles. The number of hydrogen-bond acceptors (Lipinski definition) is 3. The van der Waals surface area contributed by atoms with E-state index in [4.69, 9.17) is 4.74 Å². The molecule has 1 amide bonds. The van der Waals surface area contributed by atoms with Crippen molar-refractivity contribution >= 4 is 6.09 Å². The van der Waals surface area contributed by atoms with Crippen LogP contribution in [0.15, 0.2) is 36.6 Å². The molecule has 0 aromatic heterocycles. The number of rotatable bonds is 3. The van der Waals surface area contributed by atoms with Crippen LogP contribution in [0.4, 0.5) is 9.18 Å². The Hall–Kier alpha value is -1.88.